The summed E-state index contributed by atoms with van der Waals surface area (Å²) in [6, 6.07) is 11.3. The molecule has 1 aromatic heterocycles. The molecular weight excluding hydrogens is 368 g/mol. The van der Waals surface area contributed by atoms with Crippen LogP contribution in [0.4, 0.5) is 5.95 Å². The zero-order valence-corrected chi connectivity index (χ0v) is 16.6. The number of benzene rings is 1. The van der Waals surface area contributed by atoms with Crippen LogP contribution in [0.15, 0.2) is 48.8 Å². The summed E-state index contributed by atoms with van der Waals surface area (Å²) in [5.74, 6) is 0.484. The van der Waals surface area contributed by atoms with Crippen LogP contribution in [0.2, 0.25) is 0 Å². The predicted octanol–water partition coefficient (Wildman–Crippen LogP) is 0.464. The quantitative estimate of drug-likeness (QED) is 0.599. The predicted molar refractivity (Wildman–Crippen MR) is 111 cm³/mol. The van der Waals surface area contributed by atoms with Crippen LogP contribution in [0.1, 0.15) is 12.0 Å². The number of hydrogen-bond acceptors (Lipinski definition) is 6. The number of carbonyl (C=O) groups is 2. The molecule has 1 fully saturated rings. The number of carbonyl (C=O) groups excluding carboxylic acids is 2. The van der Waals surface area contributed by atoms with Gasteiger partial charge in [0.25, 0.3) is 0 Å². The molecule has 8 nitrogen and oxygen atoms in total. The SMILES string of the molecule is O=C(CNC(=O)Cc1ccccc1)NCCCN1CCN(c2ncccn2)CC1. The lowest BCUT2D eigenvalue weighted by Gasteiger charge is -2.34. The molecule has 0 spiro atoms. The van der Waals surface area contributed by atoms with E-state index in [9.17, 15) is 9.59 Å². The lowest BCUT2D eigenvalue weighted by Crippen LogP contribution is -2.47. The average molecular weight is 396 g/mol. The molecule has 29 heavy (non-hydrogen) atoms. The van der Waals surface area contributed by atoms with E-state index in [1.54, 1.807) is 12.4 Å². The number of nitrogens with one attached hydrogen (secondary N) is 2. The van der Waals surface area contributed by atoms with Gasteiger partial charge in [-0.2, -0.15) is 0 Å². The van der Waals surface area contributed by atoms with Crippen molar-refractivity contribution in [3.63, 3.8) is 0 Å². The number of amides is 2. The summed E-state index contributed by atoms with van der Waals surface area (Å²) in [6.45, 7) is 5.29. The lowest BCUT2D eigenvalue weighted by molar-refractivity contribution is -0.125. The van der Waals surface area contributed by atoms with Gasteiger partial charge in [0, 0.05) is 45.1 Å². The van der Waals surface area contributed by atoms with E-state index in [2.05, 4.69) is 30.4 Å². The van der Waals surface area contributed by atoms with E-state index in [1.165, 1.54) is 0 Å². The summed E-state index contributed by atoms with van der Waals surface area (Å²) in [6.07, 6.45) is 4.70. The van der Waals surface area contributed by atoms with Gasteiger partial charge in [-0.3, -0.25) is 14.5 Å². The van der Waals surface area contributed by atoms with E-state index in [-0.39, 0.29) is 24.8 Å². The third kappa shape index (κ3) is 7.15. The van der Waals surface area contributed by atoms with Crippen molar-refractivity contribution in [1.29, 1.82) is 0 Å². The Hall–Kier alpha value is -3.00. The monoisotopic (exact) mass is 396 g/mol. The zero-order valence-electron chi connectivity index (χ0n) is 16.6. The Morgan fingerprint density at radius 2 is 1.62 bits per heavy atom. The van der Waals surface area contributed by atoms with Crippen LogP contribution in [0, 0.1) is 0 Å². The maximum Gasteiger partial charge on any atom is 0.239 e. The fourth-order valence-electron chi connectivity index (χ4n) is 3.24. The first-order valence-electron chi connectivity index (χ1n) is 10.0. The summed E-state index contributed by atoms with van der Waals surface area (Å²) < 4.78 is 0. The Labute approximate surface area is 171 Å². The lowest BCUT2D eigenvalue weighted by atomic mass is 10.1. The summed E-state index contributed by atoms with van der Waals surface area (Å²) in [5, 5.41) is 5.53. The normalized spacial score (nSPS) is 14.4. The molecule has 1 aliphatic heterocycles. The maximum absolute atomic E-state index is 11.9. The van der Waals surface area contributed by atoms with Crippen LogP contribution < -0.4 is 15.5 Å². The Morgan fingerprint density at radius 1 is 0.897 bits per heavy atom. The Balaban J connectivity index is 1.23. The maximum atomic E-state index is 11.9. The summed E-state index contributed by atoms with van der Waals surface area (Å²) in [4.78, 5) is 36.9. The molecule has 0 radical (unpaired) electrons. The van der Waals surface area contributed by atoms with Gasteiger partial charge >= 0.3 is 0 Å². The van der Waals surface area contributed by atoms with E-state index in [4.69, 9.17) is 0 Å². The van der Waals surface area contributed by atoms with Crippen LogP contribution in [0.3, 0.4) is 0 Å². The third-order valence-corrected chi connectivity index (χ3v) is 4.83. The highest BCUT2D eigenvalue weighted by molar-refractivity contribution is 5.85. The Morgan fingerprint density at radius 3 is 2.34 bits per heavy atom. The molecule has 1 aliphatic rings. The molecular formula is C21H28N6O2. The highest BCUT2D eigenvalue weighted by atomic mass is 16.2. The van der Waals surface area contributed by atoms with Gasteiger partial charge in [-0.1, -0.05) is 30.3 Å². The fraction of sp³-hybridized carbons (Fsp3) is 0.429. The second kappa shape index (κ2) is 11.1. The molecule has 154 valence electrons. The van der Waals surface area contributed by atoms with E-state index < -0.39 is 0 Å². The Bertz CT molecular complexity index is 763. The minimum absolute atomic E-state index is 0.0153. The zero-order chi connectivity index (χ0) is 20.3. The molecule has 2 heterocycles. The third-order valence-electron chi connectivity index (χ3n) is 4.83. The minimum atomic E-state index is -0.155. The first kappa shape index (κ1) is 20.7. The highest BCUT2D eigenvalue weighted by Gasteiger charge is 2.18. The summed E-state index contributed by atoms with van der Waals surface area (Å²) in [5.41, 5.74) is 0.935. The van der Waals surface area contributed by atoms with Crippen molar-refractivity contribution >= 4 is 17.8 Å². The summed E-state index contributed by atoms with van der Waals surface area (Å²) >= 11 is 0. The van der Waals surface area contributed by atoms with Gasteiger partial charge in [-0.15, -0.1) is 0 Å². The molecule has 2 N–H and O–H groups in total. The first-order valence-corrected chi connectivity index (χ1v) is 10.0. The number of rotatable bonds is 9. The molecule has 0 atom stereocenters. The largest absolute Gasteiger partial charge is 0.355 e. The topological polar surface area (TPSA) is 90.5 Å². The fourth-order valence-corrected chi connectivity index (χ4v) is 3.24. The number of aromatic nitrogens is 2. The molecule has 0 aliphatic carbocycles. The molecule has 0 bridgehead atoms. The van der Waals surface area contributed by atoms with Gasteiger partial charge < -0.3 is 15.5 Å². The van der Waals surface area contributed by atoms with Gasteiger partial charge in [-0.05, 0) is 24.6 Å². The van der Waals surface area contributed by atoms with Crippen molar-refractivity contribution in [2.75, 3.05) is 50.7 Å². The minimum Gasteiger partial charge on any atom is -0.355 e. The van der Waals surface area contributed by atoms with Gasteiger partial charge in [0.2, 0.25) is 17.8 Å². The number of nitrogens with zero attached hydrogens (tertiary/aromatic N) is 4. The van der Waals surface area contributed by atoms with Gasteiger partial charge in [0.15, 0.2) is 0 Å². The molecule has 1 saturated heterocycles. The van der Waals surface area contributed by atoms with Crippen LogP contribution >= 0.6 is 0 Å². The molecule has 0 unspecified atom stereocenters. The van der Waals surface area contributed by atoms with Crippen LogP contribution in [-0.2, 0) is 16.0 Å². The van der Waals surface area contributed by atoms with E-state index in [0.717, 1.165) is 50.7 Å². The van der Waals surface area contributed by atoms with E-state index in [0.29, 0.717) is 6.54 Å². The Kier molecular flexibility index (Phi) is 7.94. The van der Waals surface area contributed by atoms with Crippen LogP contribution in [0.5, 0.6) is 0 Å². The van der Waals surface area contributed by atoms with Gasteiger partial charge in [-0.25, -0.2) is 9.97 Å². The van der Waals surface area contributed by atoms with E-state index in [1.807, 2.05) is 36.4 Å². The molecule has 2 amide bonds. The number of hydrogen-bond donors (Lipinski definition) is 2. The van der Waals surface area contributed by atoms with Crippen molar-refractivity contribution in [3.8, 4) is 0 Å². The molecule has 3 rings (SSSR count). The first-order chi connectivity index (χ1) is 14.2. The number of anilines is 1. The van der Waals surface area contributed by atoms with Crippen molar-refractivity contribution in [1.82, 2.24) is 25.5 Å². The van der Waals surface area contributed by atoms with Gasteiger partial charge in [0.1, 0.15) is 0 Å². The molecule has 8 heteroatoms. The smallest absolute Gasteiger partial charge is 0.239 e. The van der Waals surface area contributed by atoms with Gasteiger partial charge in [0.05, 0.1) is 13.0 Å². The highest BCUT2D eigenvalue weighted by Crippen LogP contribution is 2.09. The van der Waals surface area contributed by atoms with Crippen molar-refractivity contribution in [2.24, 2.45) is 0 Å². The summed E-state index contributed by atoms with van der Waals surface area (Å²) in [7, 11) is 0. The standard InChI is InChI=1S/C21H28N6O2/c28-19(16-18-6-2-1-3-7-18)25-17-20(29)22-10-5-11-26-12-14-27(15-13-26)21-23-8-4-9-24-21/h1-4,6-9H,5,10-17H2,(H,22,29)(H,25,28). The second-order valence-electron chi connectivity index (χ2n) is 7.02. The number of piperazine rings is 1. The van der Waals surface area contributed by atoms with Crippen LogP contribution in [-0.4, -0.2) is 72.5 Å². The second-order valence-corrected chi connectivity index (χ2v) is 7.02. The average Bonchev–Trinajstić information content (AvgIpc) is 2.77. The molecule has 2 aromatic rings. The van der Waals surface area contributed by atoms with Crippen molar-refractivity contribution < 1.29 is 9.59 Å². The molecule has 0 saturated carbocycles. The van der Waals surface area contributed by atoms with Crippen molar-refractivity contribution in [2.45, 2.75) is 12.8 Å². The van der Waals surface area contributed by atoms with Crippen molar-refractivity contribution in [3.05, 3.63) is 54.4 Å². The molecule has 1 aromatic carbocycles. The van der Waals surface area contributed by atoms with Crippen LogP contribution in [0.25, 0.3) is 0 Å². The van der Waals surface area contributed by atoms with E-state index >= 15 is 0 Å².